The summed E-state index contributed by atoms with van der Waals surface area (Å²) in [6.45, 7) is 3.76. The highest BCUT2D eigenvalue weighted by Gasteiger charge is 2.38. The Morgan fingerprint density at radius 3 is 2.41 bits per heavy atom. The summed E-state index contributed by atoms with van der Waals surface area (Å²) in [5.74, 6) is -0.970. The van der Waals surface area contributed by atoms with Crippen molar-refractivity contribution in [2.75, 3.05) is 0 Å². The molecule has 9 heteroatoms. The number of nitrogens with zero attached hydrogens (tertiary/aromatic N) is 2. The Morgan fingerprint density at radius 1 is 1.08 bits per heavy atom. The van der Waals surface area contributed by atoms with Gasteiger partial charge in [-0.05, 0) is 42.2 Å². The standard InChI is InChI=1S/C28H27F3N2O4/c1-3-7-19-16-22-25(37-33-26(22)28(29,30)31)21(8-4-2)23(19)36-24(27(34)35)18-12-10-17(11-13-18)15-20-9-5-6-14-32-20/h5-6,9-14,16,24H,3-4,7-8,15H2,1-2H3,(H,34,35). The summed E-state index contributed by atoms with van der Waals surface area (Å²) in [5.41, 5.74) is 2.01. The van der Waals surface area contributed by atoms with E-state index in [-0.39, 0.29) is 16.7 Å². The van der Waals surface area contributed by atoms with Crippen LogP contribution in [0.25, 0.3) is 11.0 Å². The smallest absolute Gasteiger partial charge is 0.437 e. The lowest BCUT2D eigenvalue weighted by atomic mass is 9.97. The number of hydrogen-bond donors (Lipinski definition) is 1. The Bertz CT molecular complexity index is 1370. The Morgan fingerprint density at radius 2 is 1.81 bits per heavy atom. The van der Waals surface area contributed by atoms with Gasteiger partial charge in [-0.2, -0.15) is 13.2 Å². The number of aliphatic carboxylic acids is 1. The molecule has 0 amide bonds. The molecule has 0 saturated heterocycles. The second-order valence-electron chi connectivity index (χ2n) is 8.82. The van der Waals surface area contributed by atoms with E-state index < -0.39 is 23.9 Å². The van der Waals surface area contributed by atoms with Crippen LogP contribution in [0.4, 0.5) is 13.2 Å². The van der Waals surface area contributed by atoms with Crippen LogP contribution in [0.15, 0.2) is 59.3 Å². The molecule has 2 aromatic heterocycles. The third-order valence-corrected chi connectivity index (χ3v) is 6.03. The lowest BCUT2D eigenvalue weighted by molar-refractivity contribution is -0.145. The SMILES string of the molecule is CCCc1cc2c(C(F)(F)F)noc2c(CCC)c1OC(C(=O)O)c1ccc(Cc2ccccn2)cc1. The van der Waals surface area contributed by atoms with Crippen LogP contribution in [0.3, 0.4) is 0 Å². The van der Waals surface area contributed by atoms with Gasteiger partial charge in [0.15, 0.2) is 11.3 Å². The number of halogens is 3. The zero-order valence-corrected chi connectivity index (χ0v) is 20.5. The maximum atomic E-state index is 13.6. The molecule has 1 unspecified atom stereocenters. The van der Waals surface area contributed by atoms with Gasteiger partial charge in [-0.3, -0.25) is 4.98 Å². The van der Waals surface area contributed by atoms with Crippen molar-refractivity contribution in [1.29, 1.82) is 0 Å². The van der Waals surface area contributed by atoms with Gasteiger partial charge in [0.2, 0.25) is 6.10 Å². The van der Waals surface area contributed by atoms with Crippen LogP contribution >= 0.6 is 0 Å². The summed E-state index contributed by atoms with van der Waals surface area (Å²) in [6.07, 6.45) is -1.79. The third-order valence-electron chi connectivity index (χ3n) is 6.03. The molecule has 4 aromatic rings. The van der Waals surface area contributed by atoms with E-state index in [1.807, 2.05) is 44.2 Å². The molecule has 0 radical (unpaired) electrons. The van der Waals surface area contributed by atoms with Gasteiger partial charge in [-0.1, -0.05) is 62.2 Å². The van der Waals surface area contributed by atoms with E-state index in [4.69, 9.17) is 9.26 Å². The van der Waals surface area contributed by atoms with Crippen molar-refractivity contribution in [3.05, 3.63) is 88.4 Å². The summed E-state index contributed by atoms with van der Waals surface area (Å²) >= 11 is 0. The van der Waals surface area contributed by atoms with Gasteiger partial charge in [0, 0.05) is 29.4 Å². The molecule has 0 bridgehead atoms. The average Bonchev–Trinajstić information content (AvgIpc) is 3.29. The molecule has 0 aliphatic rings. The van der Waals surface area contributed by atoms with Gasteiger partial charge in [-0.25, -0.2) is 4.79 Å². The fraction of sp³-hybridized carbons (Fsp3) is 0.321. The number of aromatic nitrogens is 2. The van der Waals surface area contributed by atoms with Gasteiger partial charge >= 0.3 is 12.1 Å². The zero-order valence-electron chi connectivity index (χ0n) is 20.5. The first-order chi connectivity index (χ1) is 17.7. The monoisotopic (exact) mass is 512 g/mol. The molecule has 4 rings (SSSR count). The van der Waals surface area contributed by atoms with Crippen LogP contribution in [-0.4, -0.2) is 21.2 Å². The lowest BCUT2D eigenvalue weighted by Gasteiger charge is -2.21. The number of rotatable bonds is 10. The van der Waals surface area contributed by atoms with Crippen molar-refractivity contribution >= 4 is 16.9 Å². The van der Waals surface area contributed by atoms with Crippen LogP contribution in [-0.2, 0) is 30.2 Å². The second-order valence-corrected chi connectivity index (χ2v) is 8.82. The highest BCUT2D eigenvalue weighted by atomic mass is 19.4. The molecule has 2 heterocycles. The predicted molar refractivity (Wildman–Crippen MR) is 131 cm³/mol. The largest absolute Gasteiger partial charge is 0.478 e. The molecular weight excluding hydrogens is 485 g/mol. The van der Waals surface area contributed by atoms with Crippen molar-refractivity contribution in [1.82, 2.24) is 10.1 Å². The molecule has 2 aromatic carbocycles. The van der Waals surface area contributed by atoms with Crippen LogP contribution in [0.2, 0.25) is 0 Å². The van der Waals surface area contributed by atoms with Crippen molar-refractivity contribution < 1.29 is 32.3 Å². The number of ether oxygens (including phenoxy) is 1. The summed E-state index contributed by atoms with van der Waals surface area (Å²) < 4.78 is 51.9. The molecule has 0 aliphatic heterocycles. The predicted octanol–water partition coefficient (Wildman–Crippen LogP) is 6.94. The van der Waals surface area contributed by atoms with E-state index in [2.05, 4.69) is 10.1 Å². The Hall–Kier alpha value is -3.88. The third kappa shape index (κ3) is 5.76. The van der Waals surface area contributed by atoms with Crippen molar-refractivity contribution in [3.8, 4) is 5.75 Å². The molecule has 0 spiro atoms. The first-order valence-electron chi connectivity index (χ1n) is 12.1. The maximum Gasteiger partial charge on any atom is 0.437 e. The zero-order chi connectivity index (χ0) is 26.6. The molecule has 0 aliphatic carbocycles. The first kappa shape index (κ1) is 26.2. The minimum absolute atomic E-state index is 0.0288. The van der Waals surface area contributed by atoms with E-state index in [1.54, 1.807) is 18.3 Å². The van der Waals surface area contributed by atoms with Crippen LogP contribution in [0.5, 0.6) is 5.75 Å². The van der Waals surface area contributed by atoms with E-state index in [1.165, 1.54) is 6.07 Å². The minimum atomic E-state index is -4.68. The quantitative estimate of drug-likeness (QED) is 0.248. The molecule has 1 N–H and O–H groups in total. The topological polar surface area (TPSA) is 85.5 Å². The number of carbonyl (C=O) groups is 1. The number of pyridine rings is 1. The maximum absolute atomic E-state index is 13.6. The molecule has 37 heavy (non-hydrogen) atoms. The van der Waals surface area contributed by atoms with Gasteiger partial charge in [0.25, 0.3) is 0 Å². The molecule has 1 atom stereocenters. The molecule has 194 valence electrons. The molecule has 0 saturated carbocycles. The Balaban J connectivity index is 1.74. The van der Waals surface area contributed by atoms with E-state index in [0.717, 1.165) is 11.3 Å². The summed E-state index contributed by atoms with van der Waals surface area (Å²) in [7, 11) is 0. The van der Waals surface area contributed by atoms with Gasteiger partial charge in [0.05, 0.1) is 5.39 Å². The average molecular weight is 513 g/mol. The van der Waals surface area contributed by atoms with Gasteiger partial charge in [-0.15, -0.1) is 0 Å². The minimum Gasteiger partial charge on any atom is -0.478 e. The Kier molecular flexibility index (Phi) is 7.80. The number of benzene rings is 2. The summed E-state index contributed by atoms with van der Waals surface area (Å²) in [4.78, 5) is 16.6. The normalized spacial score (nSPS) is 12.6. The molecule has 0 fully saturated rings. The van der Waals surface area contributed by atoms with Gasteiger partial charge in [0.1, 0.15) is 5.75 Å². The highest BCUT2D eigenvalue weighted by molar-refractivity contribution is 5.87. The number of aryl methyl sites for hydroxylation is 2. The number of fused-ring (bicyclic) bond motifs is 1. The van der Waals surface area contributed by atoms with Crippen molar-refractivity contribution in [2.45, 2.75) is 58.2 Å². The fourth-order valence-electron chi connectivity index (χ4n) is 4.37. The molecular formula is C28H27F3N2O4. The molecule has 6 nitrogen and oxygen atoms in total. The fourth-order valence-corrected chi connectivity index (χ4v) is 4.37. The van der Waals surface area contributed by atoms with Crippen LogP contribution in [0.1, 0.15) is 66.4 Å². The first-order valence-corrected chi connectivity index (χ1v) is 12.1. The van der Waals surface area contributed by atoms with Crippen LogP contribution < -0.4 is 4.74 Å². The number of alkyl halides is 3. The van der Waals surface area contributed by atoms with Crippen LogP contribution in [0, 0.1) is 0 Å². The van der Waals surface area contributed by atoms with Crippen molar-refractivity contribution in [2.24, 2.45) is 0 Å². The van der Waals surface area contributed by atoms with E-state index >= 15 is 0 Å². The lowest BCUT2D eigenvalue weighted by Crippen LogP contribution is -2.20. The van der Waals surface area contributed by atoms with Crippen molar-refractivity contribution in [3.63, 3.8) is 0 Å². The number of hydrogen-bond acceptors (Lipinski definition) is 5. The highest BCUT2D eigenvalue weighted by Crippen LogP contribution is 2.42. The number of carboxylic acids is 1. The number of carboxylic acid groups (broad SMARTS) is 1. The summed E-state index contributed by atoms with van der Waals surface area (Å²) in [5, 5.41) is 13.2. The van der Waals surface area contributed by atoms with Gasteiger partial charge < -0.3 is 14.4 Å². The van der Waals surface area contributed by atoms with E-state index in [9.17, 15) is 23.1 Å². The second kappa shape index (κ2) is 11.0. The summed E-state index contributed by atoms with van der Waals surface area (Å²) in [6, 6.07) is 14.0. The Labute approximate surface area is 212 Å². The van der Waals surface area contributed by atoms with E-state index in [0.29, 0.717) is 48.8 Å².